The van der Waals surface area contributed by atoms with Crippen molar-refractivity contribution < 1.29 is 4.39 Å². The van der Waals surface area contributed by atoms with Crippen molar-refractivity contribution in [2.24, 2.45) is 0 Å². The zero-order valence-corrected chi connectivity index (χ0v) is 8.97. The molecule has 3 rings (SSSR count). The zero-order chi connectivity index (χ0) is 11.1. The van der Waals surface area contributed by atoms with Gasteiger partial charge in [0.1, 0.15) is 5.82 Å². The first kappa shape index (κ1) is 9.51. The molecule has 1 aliphatic rings. The van der Waals surface area contributed by atoms with Crippen LogP contribution in [0.15, 0.2) is 30.3 Å². The molecular formula is C12H12FN3. The minimum Gasteiger partial charge on any atom is -0.239 e. The van der Waals surface area contributed by atoms with Crippen LogP contribution in [0.4, 0.5) is 4.39 Å². The summed E-state index contributed by atoms with van der Waals surface area (Å²) >= 11 is 0. The molecule has 0 saturated heterocycles. The van der Waals surface area contributed by atoms with Gasteiger partial charge in [0.2, 0.25) is 0 Å². The number of alkyl halides is 1. The van der Waals surface area contributed by atoms with Crippen LogP contribution in [0, 0.1) is 6.92 Å². The Morgan fingerprint density at radius 2 is 2.06 bits per heavy atom. The molecule has 0 spiro atoms. The Morgan fingerprint density at radius 3 is 2.81 bits per heavy atom. The second kappa shape index (κ2) is 3.40. The Morgan fingerprint density at radius 1 is 1.31 bits per heavy atom. The summed E-state index contributed by atoms with van der Waals surface area (Å²) in [4.78, 5) is 4.12. The molecule has 3 nitrogen and oxygen atoms in total. The molecule has 1 aromatic carbocycles. The molecule has 1 aromatic heterocycles. The number of nitrogens with zero attached hydrogens (tertiary/aromatic N) is 3. The average Bonchev–Trinajstić information content (AvgIpc) is 2.80. The number of hydrogen-bond donors (Lipinski definition) is 0. The van der Waals surface area contributed by atoms with Gasteiger partial charge < -0.3 is 0 Å². The fourth-order valence-corrected chi connectivity index (χ4v) is 2.24. The van der Waals surface area contributed by atoms with Gasteiger partial charge in [-0.25, -0.2) is 14.1 Å². The molecular weight excluding hydrogens is 205 g/mol. The van der Waals surface area contributed by atoms with Crippen LogP contribution >= 0.6 is 0 Å². The molecule has 1 aliphatic heterocycles. The van der Waals surface area contributed by atoms with Gasteiger partial charge in [-0.15, -0.1) is 0 Å². The molecule has 0 N–H and O–H groups in total. The lowest BCUT2D eigenvalue weighted by molar-refractivity contribution is 0.328. The normalized spacial score (nSPS) is 23.4. The van der Waals surface area contributed by atoms with Crippen molar-refractivity contribution in [1.29, 1.82) is 0 Å². The van der Waals surface area contributed by atoms with Gasteiger partial charge in [0, 0.05) is 6.42 Å². The van der Waals surface area contributed by atoms with Crippen molar-refractivity contribution in [2.45, 2.75) is 25.6 Å². The highest BCUT2D eigenvalue weighted by Gasteiger charge is 2.34. The summed E-state index contributed by atoms with van der Waals surface area (Å²) in [6, 6.07) is 9.88. The maximum atomic E-state index is 13.7. The number of aromatic nitrogens is 3. The maximum absolute atomic E-state index is 13.7. The molecule has 0 unspecified atom stereocenters. The lowest BCUT2D eigenvalue weighted by Gasteiger charge is -2.10. The van der Waals surface area contributed by atoms with Gasteiger partial charge in [-0.1, -0.05) is 30.3 Å². The van der Waals surface area contributed by atoms with E-state index in [9.17, 15) is 4.39 Å². The summed E-state index contributed by atoms with van der Waals surface area (Å²) in [5.74, 6) is 1.10. The fraction of sp³-hybridized carbons (Fsp3) is 0.333. The van der Waals surface area contributed by atoms with Gasteiger partial charge in [-0.2, -0.15) is 5.10 Å². The smallest absolute Gasteiger partial charge is 0.162 e. The van der Waals surface area contributed by atoms with Crippen LogP contribution in [-0.2, 0) is 0 Å². The molecule has 0 aliphatic carbocycles. The van der Waals surface area contributed by atoms with E-state index in [2.05, 4.69) is 10.1 Å². The van der Waals surface area contributed by atoms with E-state index >= 15 is 0 Å². The predicted molar refractivity (Wildman–Crippen MR) is 57.8 cm³/mol. The average molecular weight is 217 g/mol. The number of rotatable bonds is 1. The first-order valence-corrected chi connectivity index (χ1v) is 5.38. The fourth-order valence-electron chi connectivity index (χ4n) is 2.24. The van der Waals surface area contributed by atoms with Gasteiger partial charge >= 0.3 is 0 Å². The van der Waals surface area contributed by atoms with E-state index < -0.39 is 6.17 Å². The molecule has 16 heavy (non-hydrogen) atoms. The van der Waals surface area contributed by atoms with E-state index in [-0.39, 0.29) is 6.04 Å². The highest BCUT2D eigenvalue weighted by Crippen LogP contribution is 2.38. The molecule has 4 heteroatoms. The second-order valence-corrected chi connectivity index (χ2v) is 4.09. The lowest BCUT2D eigenvalue weighted by atomic mass is 10.0. The van der Waals surface area contributed by atoms with E-state index in [0.717, 1.165) is 5.56 Å². The number of hydrogen-bond acceptors (Lipinski definition) is 2. The molecule has 0 radical (unpaired) electrons. The largest absolute Gasteiger partial charge is 0.239 e. The standard InChI is InChI=1S/C12H12FN3/c1-8-14-12-10(13)7-11(16(12)15-8)9-5-3-2-4-6-9/h2-6,10-11H,7H2,1H3/t10-,11+/m0/s1. The van der Waals surface area contributed by atoms with Crippen LogP contribution in [0.25, 0.3) is 0 Å². The Bertz CT molecular complexity index is 506. The van der Waals surface area contributed by atoms with Gasteiger partial charge in [0.05, 0.1) is 6.04 Å². The van der Waals surface area contributed by atoms with Crippen molar-refractivity contribution in [3.8, 4) is 0 Å². The minimum atomic E-state index is -0.994. The molecule has 0 fully saturated rings. The van der Waals surface area contributed by atoms with Crippen LogP contribution in [-0.4, -0.2) is 14.8 Å². The van der Waals surface area contributed by atoms with E-state index in [1.165, 1.54) is 0 Å². The molecule has 0 saturated carbocycles. The zero-order valence-electron chi connectivity index (χ0n) is 8.97. The minimum absolute atomic E-state index is 0.00704. The third-order valence-corrected chi connectivity index (χ3v) is 2.95. The van der Waals surface area contributed by atoms with Crippen molar-refractivity contribution >= 4 is 0 Å². The van der Waals surface area contributed by atoms with Crippen LogP contribution in [0.1, 0.15) is 35.8 Å². The Kier molecular flexibility index (Phi) is 2.02. The predicted octanol–water partition coefficient (Wildman–Crippen LogP) is 2.59. The van der Waals surface area contributed by atoms with Crippen molar-refractivity contribution in [2.75, 3.05) is 0 Å². The second-order valence-electron chi connectivity index (χ2n) is 4.09. The molecule has 82 valence electrons. The molecule has 2 aromatic rings. The third-order valence-electron chi connectivity index (χ3n) is 2.95. The maximum Gasteiger partial charge on any atom is 0.162 e. The topological polar surface area (TPSA) is 30.7 Å². The highest BCUT2D eigenvalue weighted by atomic mass is 19.1. The quantitative estimate of drug-likeness (QED) is 0.735. The highest BCUT2D eigenvalue weighted by molar-refractivity contribution is 5.23. The summed E-state index contributed by atoms with van der Waals surface area (Å²) in [6.45, 7) is 1.79. The SMILES string of the molecule is Cc1nc2n(n1)[C@@H](c1ccccc1)C[C@@H]2F. The van der Waals surface area contributed by atoms with Crippen LogP contribution < -0.4 is 0 Å². The summed E-state index contributed by atoms with van der Waals surface area (Å²) in [7, 11) is 0. The summed E-state index contributed by atoms with van der Waals surface area (Å²) < 4.78 is 15.5. The lowest BCUT2D eigenvalue weighted by Crippen LogP contribution is -2.07. The molecule has 0 amide bonds. The number of aryl methyl sites for hydroxylation is 1. The van der Waals surface area contributed by atoms with Crippen molar-refractivity contribution in [3.05, 3.63) is 47.5 Å². The van der Waals surface area contributed by atoms with Gasteiger partial charge in [0.25, 0.3) is 0 Å². The van der Waals surface area contributed by atoms with E-state index in [0.29, 0.717) is 18.1 Å². The van der Waals surface area contributed by atoms with E-state index in [1.54, 1.807) is 11.6 Å². The van der Waals surface area contributed by atoms with Crippen LogP contribution in [0.2, 0.25) is 0 Å². The first-order chi connectivity index (χ1) is 7.75. The van der Waals surface area contributed by atoms with Crippen molar-refractivity contribution in [1.82, 2.24) is 14.8 Å². The molecule has 0 bridgehead atoms. The van der Waals surface area contributed by atoms with Gasteiger partial charge in [-0.05, 0) is 12.5 Å². The molecule has 2 heterocycles. The monoisotopic (exact) mass is 217 g/mol. The van der Waals surface area contributed by atoms with Crippen molar-refractivity contribution in [3.63, 3.8) is 0 Å². The Balaban J connectivity index is 2.06. The molecule has 2 atom stereocenters. The first-order valence-electron chi connectivity index (χ1n) is 5.38. The number of benzene rings is 1. The summed E-state index contributed by atoms with van der Waals surface area (Å²) in [5.41, 5.74) is 1.09. The number of fused-ring (bicyclic) bond motifs is 1. The van der Waals surface area contributed by atoms with Gasteiger partial charge in [0.15, 0.2) is 12.0 Å². The number of halogens is 1. The summed E-state index contributed by atoms with van der Waals surface area (Å²) in [5, 5.41) is 4.26. The van der Waals surface area contributed by atoms with E-state index in [4.69, 9.17) is 0 Å². The third kappa shape index (κ3) is 1.33. The Labute approximate surface area is 92.9 Å². The van der Waals surface area contributed by atoms with Gasteiger partial charge in [-0.3, -0.25) is 0 Å². The van der Waals surface area contributed by atoms with Crippen LogP contribution in [0.5, 0.6) is 0 Å². The van der Waals surface area contributed by atoms with Crippen LogP contribution in [0.3, 0.4) is 0 Å². The summed E-state index contributed by atoms with van der Waals surface area (Å²) in [6.07, 6.45) is -0.550. The van der Waals surface area contributed by atoms with E-state index in [1.807, 2.05) is 30.3 Å². The Hall–Kier alpha value is -1.71.